The molecule has 0 radical (unpaired) electrons. The Bertz CT molecular complexity index is 649. The minimum absolute atomic E-state index is 0.0840. The average molecular weight is 269 g/mol. The van der Waals surface area contributed by atoms with Crippen molar-refractivity contribution in [3.8, 4) is 0 Å². The molecule has 2 N–H and O–H groups in total. The van der Waals surface area contributed by atoms with Crippen LogP contribution in [0.4, 0.5) is 0 Å². The summed E-state index contributed by atoms with van der Waals surface area (Å²) in [4.78, 5) is 20.2. The number of rotatable bonds is 3. The predicted octanol–water partition coefficient (Wildman–Crippen LogP) is 0.832. The average Bonchev–Trinajstić information content (AvgIpc) is 3.01. The maximum Gasteiger partial charge on any atom is 0.257 e. The fourth-order valence-electron chi connectivity index (χ4n) is 2.22. The van der Waals surface area contributed by atoms with E-state index in [1.165, 1.54) is 0 Å². The second kappa shape index (κ2) is 5.75. The molecule has 2 heterocycles. The highest BCUT2D eigenvalue weighted by Crippen LogP contribution is 2.09. The monoisotopic (exact) mass is 269 g/mol. The summed E-state index contributed by atoms with van der Waals surface area (Å²) in [6.07, 6.45) is 6.82. The van der Waals surface area contributed by atoms with Gasteiger partial charge in [-0.15, -0.1) is 0 Å². The molecule has 1 aliphatic rings. The Morgan fingerprint density at radius 3 is 3.00 bits per heavy atom. The van der Waals surface area contributed by atoms with E-state index in [0.717, 1.165) is 36.0 Å². The van der Waals surface area contributed by atoms with Crippen molar-refractivity contribution < 1.29 is 4.79 Å². The SMILES string of the molecule is O=C(NN=Cc1ccc2nccnc2c1)C1CCCN1. The van der Waals surface area contributed by atoms with E-state index in [4.69, 9.17) is 0 Å². The molecule has 1 aromatic heterocycles. The third kappa shape index (κ3) is 2.80. The molecule has 1 amide bonds. The number of carbonyl (C=O) groups excluding carboxylic acids is 1. The zero-order chi connectivity index (χ0) is 13.8. The predicted molar refractivity (Wildman–Crippen MR) is 76.3 cm³/mol. The molecule has 6 heteroatoms. The molecule has 0 saturated carbocycles. The van der Waals surface area contributed by atoms with Crippen molar-refractivity contribution >= 4 is 23.2 Å². The fraction of sp³-hybridized carbons (Fsp3) is 0.286. The molecule has 102 valence electrons. The van der Waals surface area contributed by atoms with E-state index in [9.17, 15) is 4.79 Å². The number of carbonyl (C=O) groups is 1. The highest BCUT2D eigenvalue weighted by Gasteiger charge is 2.21. The van der Waals surface area contributed by atoms with Crippen LogP contribution >= 0.6 is 0 Å². The number of nitrogens with one attached hydrogen (secondary N) is 2. The number of hydrogen-bond donors (Lipinski definition) is 2. The highest BCUT2D eigenvalue weighted by molar-refractivity contribution is 5.88. The van der Waals surface area contributed by atoms with Gasteiger partial charge in [0.05, 0.1) is 23.3 Å². The number of nitrogens with zero attached hydrogens (tertiary/aromatic N) is 3. The summed E-state index contributed by atoms with van der Waals surface area (Å²) in [5.41, 5.74) is 5.07. The van der Waals surface area contributed by atoms with E-state index in [-0.39, 0.29) is 11.9 Å². The molecule has 0 bridgehead atoms. The van der Waals surface area contributed by atoms with Gasteiger partial charge in [-0.3, -0.25) is 14.8 Å². The lowest BCUT2D eigenvalue weighted by Gasteiger charge is -2.06. The summed E-state index contributed by atoms with van der Waals surface area (Å²) in [6, 6.07) is 5.53. The standard InChI is InChI=1S/C14H15N5O/c20-14(12-2-1-5-15-12)19-18-9-10-3-4-11-13(8-10)17-7-6-16-11/h3-4,6-9,12,15H,1-2,5H2,(H,19,20). The molecule has 0 aliphatic carbocycles. The van der Waals surface area contributed by atoms with Crippen LogP contribution in [-0.4, -0.2) is 34.7 Å². The van der Waals surface area contributed by atoms with Crippen molar-refractivity contribution in [3.05, 3.63) is 36.2 Å². The summed E-state index contributed by atoms with van der Waals surface area (Å²) >= 11 is 0. The lowest BCUT2D eigenvalue weighted by atomic mass is 10.2. The second-order valence-electron chi connectivity index (χ2n) is 4.69. The van der Waals surface area contributed by atoms with E-state index in [1.54, 1.807) is 18.6 Å². The van der Waals surface area contributed by atoms with E-state index < -0.39 is 0 Å². The van der Waals surface area contributed by atoms with Crippen LogP contribution < -0.4 is 10.7 Å². The molecule has 2 aromatic rings. The van der Waals surface area contributed by atoms with Gasteiger partial charge in [-0.05, 0) is 37.1 Å². The van der Waals surface area contributed by atoms with Crippen molar-refractivity contribution in [3.63, 3.8) is 0 Å². The molecule has 0 spiro atoms. The molecule has 1 saturated heterocycles. The van der Waals surface area contributed by atoms with Crippen LogP contribution in [0.15, 0.2) is 35.7 Å². The number of hydrogen-bond acceptors (Lipinski definition) is 5. The van der Waals surface area contributed by atoms with Crippen LogP contribution in [0.3, 0.4) is 0 Å². The number of aromatic nitrogens is 2. The number of amides is 1. The summed E-state index contributed by atoms with van der Waals surface area (Å²) in [5.74, 6) is -0.0840. The minimum Gasteiger partial charge on any atom is -0.306 e. The number of hydrazone groups is 1. The van der Waals surface area contributed by atoms with Gasteiger partial charge in [-0.1, -0.05) is 6.07 Å². The second-order valence-corrected chi connectivity index (χ2v) is 4.69. The summed E-state index contributed by atoms with van der Waals surface area (Å²) < 4.78 is 0. The van der Waals surface area contributed by atoms with Gasteiger partial charge in [0.1, 0.15) is 0 Å². The molecule has 1 aliphatic heterocycles. The normalized spacial score (nSPS) is 18.7. The third-order valence-electron chi connectivity index (χ3n) is 3.26. The highest BCUT2D eigenvalue weighted by atomic mass is 16.2. The topological polar surface area (TPSA) is 79.3 Å². The van der Waals surface area contributed by atoms with E-state index in [1.807, 2.05) is 18.2 Å². The van der Waals surface area contributed by atoms with Gasteiger partial charge in [0.2, 0.25) is 0 Å². The first-order valence-corrected chi connectivity index (χ1v) is 6.60. The third-order valence-corrected chi connectivity index (χ3v) is 3.26. The molecule has 3 rings (SSSR count). The first-order chi connectivity index (χ1) is 9.83. The molecule has 1 unspecified atom stereocenters. The molecule has 6 nitrogen and oxygen atoms in total. The first kappa shape index (κ1) is 12.7. The minimum atomic E-state index is -0.116. The van der Waals surface area contributed by atoms with Gasteiger partial charge in [-0.2, -0.15) is 5.10 Å². The van der Waals surface area contributed by atoms with Crippen molar-refractivity contribution in [1.29, 1.82) is 0 Å². The van der Waals surface area contributed by atoms with Crippen LogP contribution in [0.5, 0.6) is 0 Å². The maximum absolute atomic E-state index is 11.7. The maximum atomic E-state index is 11.7. The Labute approximate surface area is 116 Å². The summed E-state index contributed by atoms with van der Waals surface area (Å²) in [5, 5.41) is 7.11. The Hall–Kier alpha value is -2.34. The van der Waals surface area contributed by atoms with Gasteiger partial charge < -0.3 is 5.32 Å². The van der Waals surface area contributed by atoms with Crippen molar-refractivity contribution in [2.45, 2.75) is 18.9 Å². The van der Waals surface area contributed by atoms with Crippen molar-refractivity contribution in [2.75, 3.05) is 6.54 Å². The van der Waals surface area contributed by atoms with Gasteiger partial charge >= 0.3 is 0 Å². The molecular weight excluding hydrogens is 254 g/mol. The smallest absolute Gasteiger partial charge is 0.257 e. The van der Waals surface area contributed by atoms with Crippen LogP contribution in [0.2, 0.25) is 0 Å². The molecule has 1 atom stereocenters. The van der Waals surface area contributed by atoms with E-state index in [2.05, 4.69) is 25.8 Å². The van der Waals surface area contributed by atoms with E-state index >= 15 is 0 Å². The summed E-state index contributed by atoms with van der Waals surface area (Å²) in [7, 11) is 0. The lowest BCUT2D eigenvalue weighted by molar-refractivity contribution is -0.122. The summed E-state index contributed by atoms with van der Waals surface area (Å²) in [6.45, 7) is 0.894. The Balaban J connectivity index is 1.66. The van der Waals surface area contributed by atoms with Crippen molar-refractivity contribution in [2.24, 2.45) is 5.10 Å². The Morgan fingerprint density at radius 2 is 2.20 bits per heavy atom. The Morgan fingerprint density at radius 1 is 1.35 bits per heavy atom. The Kier molecular flexibility index (Phi) is 3.64. The van der Waals surface area contributed by atoms with Gasteiger partial charge in [-0.25, -0.2) is 5.43 Å². The zero-order valence-corrected chi connectivity index (χ0v) is 10.9. The first-order valence-electron chi connectivity index (χ1n) is 6.60. The molecular formula is C14H15N5O. The quantitative estimate of drug-likeness (QED) is 0.639. The fourth-order valence-corrected chi connectivity index (χ4v) is 2.22. The van der Waals surface area contributed by atoms with Crippen LogP contribution in [0, 0.1) is 0 Å². The van der Waals surface area contributed by atoms with Crippen LogP contribution in [0.1, 0.15) is 18.4 Å². The zero-order valence-electron chi connectivity index (χ0n) is 10.9. The van der Waals surface area contributed by atoms with Gasteiger partial charge in [0.15, 0.2) is 0 Å². The lowest BCUT2D eigenvalue weighted by Crippen LogP contribution is -2.38. The van der Waals surface area contributed by atoms with Crippen molar-refractivity contribution in [1.82, 2.24) is 20.7 Å². The van der Waals surface area contributed by atoms with Crippen LogP contribution in [-0.2, 0) is 4.79 Å². The molecule has 20 heavy (non-hydrogen) atoms. The largest absolute Gasteiger partial charge is 0.306 e. The van der Waals surface area contributed by atoms with Crippen LogP contribution in [0.25, 0.3) is 11.0 Å². The number of benzene rings is 1. The van der Waals surface area contributed by atoms with Gasteiger partial charge in [0.25, 0.3) is 5.91 Å². The molecule has 1 fully saturated rings. The van der Waals surface area contributed by atoms with Gasteiger partial charge in [0, 0.05) is 12.4 Å². The number of fused-ring (bicyclic) bond motifs is 1. The van der Waals surface area contributed by atoms with E-state index in [0.29, 0.717) is 0 Å². The molecule has 1 aromatic carbocycles.